The lowest BCUT2D eigenvalue weighted by molar-refractivity contribution is -0.205. The van der Waals surface area contributed by atoms with Crippen LogP contribution in [-0.2, 0) is 37.9 Å². The molecule has 7 aromatic rings. The van der Waals surface area contributed by atoms with E-state index in [1.54, 1.807) is 0 Å². The van der Waals surface area contributed by atoms with E-state index in [9.17, 15) is 163 Å². The van der Waals surface area contributed by atoms with E-state index in [0.29, 0.717) is 0 Å². The molecule has 794 valence electrons. The maximum Gasteiger partial charge on any atom is 0.167 e. The minimum atomic E-state index is -2.47. The Morgan fingerprint density at radius 3 is 0.431 bits per heavy atom. The lowest BCUT2D eigenvalue weighted by Gasteiger charge is -2.40. The van der Waals surface area contributed by atoms with Gasteiger partial charge in [-0.1, -0.05) is 94.1 Å². The minimum absolute atomic E-state index is 0.157. The number of rotatable bonds is 24. The topological polar surface area (TPSA) is 830 Å². The molecule has 0 spiro atoms. The molecule has 0 unspecified atom stereocenters. The maximum absolute atomic E-state index is 19.8. The molecule has 17 rings (SSSR count). The van der Waals surface area contributed by atoms with Gasteiger partial charge < -0.3 is 211 Å². The molecule has 13 heterocycles. The summed E-state index contributed by atoms with van der Waals surface area (Å²) in [5, 5.41) is 349. The van der Waals surface area contributed by atoms with Crippen molar-refractivity contribution in [3.8, 4) is 45.6 Å². The van der Waals surface area contributed by atoms with Crippen molar-refractivity contribution in [2.24, 2.45) is 0 Å². The van der Waals surface area contributed by atoms with Gasteiger partial charge >= 0.3 is 0 Å². The van der Waals surface area contributed by atoms with Crippen LogP contribution in [0, 0.1) is 46.5 Å². The van der Waals surface area contributed by atoms with Crippen molar-refractivity contribution in [2.45, 2.75) is 278 Å². The standard InChI is InChI=1S/C80H90F8N8O40S8/c81-25-17-18(26(82)58(138-74-50(122)42(114)34(106)10(2-98)130-74)57(25)137-73-49(121)41(113)33(105)9(1-97)129-73)66-89-65(17)93-67-19-20(28(84)60(140-76-52(124)44(116)36(108)12(4-100)132-76)59(27(19)83)139-75-51(123)43(115)35(107)11(3-99)131-75)69(90-67)95-71-23-24(32(88)64(144-80-56(128)48(120)40(112)16(8-104)136-80)63(31(23)87)143-79-55(127)47(119)39(111)15(7-103)135-79)72(92-71)96-70-22-21(68(91-70)94-66)29(85)61(141-77-53(125)45(117)37(109)13(5-101)133-77)62(30(22)86)142-78-54(126)46(118)38(110)14(6-102)134-78/h9-16,33-56,73-80,97-128H,1-8H2,(H2,89,90,91,92,93,94,95,96)/t9-,10-,11-,12-,13-,14-,15-,16-,33-,34-,35-,36-,37-,38-,39-,40-,41+,42+,43+,44+,45+,46+,47+,48+,49-,50-,51-,52-,53-,54-,55-,56-,73+,74+,75+,76+,77+,78+,79+,80+/m1/s1. The Labute approximate surface area is 832 Å². The molecule has 4 aromatic carbocycles. The summed E-state index contributed by atoms with van der Waals surface area (Å²) < 4.78 is 204. The summed E-state index contributed by atoms with van der Waals surface area (Å²) in [5.41, 5.74) is -29.7. The number of H-pyrrole nitrogens is 2. The summed E-state index contributed by atoms with van der Waals surface area (Å²) in [6, 6.07) is 0. The molecule has 48 nitrogen and oxygen atoms in total. The van der Waals surface area contributed by atoms with E-state index in [1.165, 1.54) is 0 Å². The Morgan fingerprint density at radius 2 is 0.306 bits per heavy atom. The second kappa shape index (κ2) is 43.8. The zero-order valence-electron chi connectivity index (χ0n) is 72.3. The van der Waals surface area contributed by atoms with Crippen molar-refractivity contribution in [1.29, 1.82) is 0 Å². The van der Waals surface area contributed by atoms with Gasteiger partial charge in [0.15, 0.2) is 23.3 Å². The highest BCUT2D eigenvalue weighted by Gasteiger charge is 2.56. The third kappa shape index (κ3) is 19.2. The van der Waals surface area contributed by atoms with E-state index in [2.05, 4.69) is 39.9 Å². The van der Waals surface area contributed by atoms with E-state index in [1.807, 2.05) is 0 Å². The fraction of sp³-hybridized carbons (Fsp3) is 0.600. The number of hydrogen-bond donors (Lipinski definition) is 34. The van der Waals surface area contributed by atoms with Crippen LogP contribution in [0.2, 0.25) is 0 Å². The number of aromatic amines is 2. The number of aliphatic hydroxyl groups excluding tert-OH is 32. The van der Waals surface area contributed by atoms with Gasteiger partial charge in [0.05, 0.1) is 136 Å². The van der Waals surface area contributed by atoms with Gasteiger partial charge in [-0.3, -0.25) is 0 Å². The smallest absolute Gasteiger partial charge is 0.167 e. The van der Waals surface area contributed by atoms with Crippen molar-refractivity contribution in [1.82, 2.24) is 39.9 Å². The van der Waals surface area contributed by atoms with Crippen LogP contribution in [0.25, 0.3) is 89.7 Å². The Balaban J connectivity index is 1.06. The van der Waals surface area contributed by atoms with Crippen molar-refractivity contribution in [2.75, 3.05) is 52.9 Å². The number of thioether (sulfide) groups is 8. The number of nitrogens with one attached hydrogen (secondary N) is 2. The SMILES string of the molecule is OC[C@H]1O[C@@H](Sc2c(F)c3c(c(F)c2S[C@@H]2O[C@H](CO)[C@@H](O)[C@H](O)[C@H]2O)-c2nc-3nc3[nH]c(nc4nc(nc5[nH]c(n2)c2c(F)c(S[C@@H]6O[C@H](CO)[C@@H](O)[C@H](O)[C@H]6O)c(S[C@@H]6O[C@H](CO)[C@@H](O)[C@H](O)[C@H]6O)c(F)c52)-c2c(F)c(S[C@@H]5O[C@H](CO)[C@@H](O)[C@H](O)[C@H]5O)c(S[C@@H]5O[C@H](CO)[C@@H](O)[C@H](O)[C@H]5O)c(F)c2-4)c2c(F)c(S[C@@H]4O[C@H](CO)[C@@H](O)[C@H](O)[C@H]4O)c(S[C@@H]4O[C@H](CO)[C@@H](O)[C@H](O)[C@H]4O)c(F)c32)[C@H](O)[C@@H](O)[C@@H]1O. The average molecular weight is 2210 g/mol. The van der Waals surface area contributed by atoms with E-state index >= 15 is 35.1 Å². The molecular formula is C80H90F8N8O40S8. The third-order valence-corrected chi connectivity index (χ3v) is 35.9. The highest BCUT2D eigenvalue weighted by Crippen LogP contribution is 2.58. The van der Waals surface area contributed by atoms with Crippen molar-refractivity contribution >= 4 is 138 Å². The largest absolute Gasteiger partial charge is 0.394 e. The van der Waals surface area contributed by atoms with E-state index in [4.69, 9.17) is 37.9 Å². The van der Waals surface area contributed by atoms with Gasteiger partial charge in [-0.05, 0) is 0 Å². The van der Waals surface area contributed by atoms with Crippen molar-refractivity contribution < 1.29 is 236 Å². The van der Waals surface area contributed by atoms with E-state index < -0.39 is 467 Å². The fourth-order valence-electron chi connectivity index (χ4n) is 17.4. The van der Waals surface area contributed by atoms with Crippen molar-refractivity contribution in [3.05, 3.63) is 46.5 Å². The predicted octanol–water partition coefficient (Wildman–Crippen LogP) is -8.88. The van der Waals surface area contributed by atoms with Crippen LogP contribution in [0.1, 0.15) is 0 Å². The van der Waals surface area contributed by atoms with Crippen LogP contribution in [0.3, 0.4) is 0 Å². The first-order valence-corrected chi connectivity index (χ1v) is 50.2. The van der Waals surface area contributed by atoms with Crippen LogP contribution >= 0.6 is 94.1 Å². The molecule has 64 heteroatoms. The molecular weight excluding hydrogens is 2120 g/mol. The van der Waals surface area contributed by atoms with Gasteiger partial charge in [-0.25, -0.2) is 65.0 Å². The molecule has 34 N–H and O–H groups in total. The number of ether oxygens (including phenoxy) is 8. The van der Waals surface area contributed by atoms with Gasteiger partial charge in [-0.2, -0.15) is 0 Å². The summed E-state index contributed by atoms with van der Waals surface area (Å²) in [6.07, 6.45) is -71.8. The van der Waals surface area contributed by atoms with E-state index in [0.717, 1.165) is 0 Å². The van der Waals surface area contributed by atoms with Gasteiger partial charge in [0, 0.05) is 0 Å². The predicted molar refractivity (Wildman–Crippen MR) is 473 cm³/mol. The number of aromatic nitrogens is 8. The van der Waals surface area contributed by atoms with Crippen LogP contribution in [0.4, 0.5) is 35.1 Å². The summed E-state index contributed by atoms with van der Waals surface area (Å²) in [6.45, 7) is -9.76. The molecule has 8 bridgehead atoms. The molecule has 144 heavy (non-hydrogen) atoms. The molecule has 0 amide bonds. The molecule has 40 atom stereocenters. The molecule has 10 aliphatic heterocycles. The first-order valence-electron chi connectivity index (χ1n) is 43.1. The molecule has 0 saturated carbocycles. The summed E-state index contributed by atoms with van der Waals surface area (Å²) >= 11 is -1.27. The first kappa shape index (κ1) is 110. The lowest BCUT2D eigenvalue weighted by atomic mass is 10.0. The van der Waals surface area contributed by atoms with Gasteiger partial charge in [-0.15, -0.1) is 0 Å². The first-order chi connectivity index (χ1) is 68.3. The second-order valence-corrected chi connectivity index (χ2v) is 43.1. The molecule has 0 radical (unpaired) electrons. The number of fused-ring (bicyclic) bond motifs is 20. The summed E-state index contributed by atoms with van der Waals surface area (Å²) in [7, 11) is 0. The number of aliphatic hydroxyl groups is 32. The average Bonchev–Trinajstić information content (AvgIpc) is 1.55. The number of hydrogen-bond acceptors (Lipinski definition) is 54. The Hall–Kier alpha value is -5.12. The van der Waals surface area contributed by atoms with Gasteiger partial charge in [0.1, 0.15) is 308 Å². The molecule has 10 aliphatic rings. The Bertz CT molecular complexity index is 5440. The normalized spacial score (nSPS) is 37.9. The number of halogens is 8. The highest BCUT2D eigenvalue weighted by atomic mass is 32.2. The van der Waals surface area contributed by atoms with Gasteiger partial charge in [0.25, 0.3) is 0 Å². The number of nitrogens with zero attached hydrogens (tertiary/aromatic N) is 6. The zero-order valence-corrected chi connectivity index (χ0v) is 78.8. The molecule has 3 aromatic heterocycles. The second-order valence-electron chi connectivity index (χ2n) is 34.3. The highest BCUT2D eigenvalue weighted by molar-refractivity contribution is 8.04. The lowest BCUT2D eigenvalue weighted by Crippen LogP contribution is -2.57. The Kier molecular flexibility index (Phi) is 33.5. The van der Waals surface area contributed by atoms with Crippen LogP contribution in [-0.4, -0.2) is 495 Å². The zero-order chi connectivity index (χ0) is 104. The Morgan fingerprint density at radius 1 is 0.181 bits per heavy atom. The molecule has 8 saturated heterocycles. The third-order valence-electron chi connectivity index (χ3n) is 25.4. The van der Waals surface area contributed by atoms with Crippen LogP contribution < -0.4 is 0 Å². The van der Waals surface area contributed by atoms with Crippen LogP contribution in [0.15, 0.2) is 39.2 Å². The van der Waals surface area contributed by atoms with Gasteiger partial charge in [0.2, 0.25) is 0 Å². The summed E-state index contributed by atoms with van der Waals surface area (Å²) in [5.74, 6) is -22.0. The monoisotopic (exact) mass is 2210 g/mol. The summed E-state index contributed by atoms with van der Waals surface area (Å²) in [4.78, 5) is 20.9. The quantitative estimate of drug-likeness (QED) is 0.0250. The number of benzene rings is 4. The van der Waals surface area contributed by atoms with Crippen LogP contribution in [0.5, 0.6) is 0 Å². The molecule has 0 aliphatic carbocycles. The fourth-order valence-corrected chi connectivity index (χ4v) is 27.6. The maximum atomic E-state index is 19.8. The minimum Gasteiger partial charge on any atom is -0.394 e. The van der Waals surface area contributed by atoms with Crippen molar-refractivity contribution in [3.63, 3.8) is 0 Å². The van der Waals surface area contributed by atoms with E-state index in [-0.39, 0.29) is 94.1 Å². The molecule has 8 fully saturated rings.